The molecule has 0 atom stereocenters. The van der Waals surface area contributed by atoms with Crippen LogP contribution in [0, 0.1) is 0 Å². The summed E-state index contributed by atoms with van der Waals surface area (Å²) in [6.45, 7) is 5.85. The van der Waals surface area contributed by atoms with Crippen LogP contribution in [0.25, 0.3) is 0 Å². The van der Waals surface area contributed by atoms with Crippen molar-refractivity contribution in [1.82, 2.24) is 4.90 Å². The highest BCUT2D eigenvalue weighted by Gasteiger charge is 2.27. The van der Waals surface area contributed by atoms with Crippen LogP contribution in [0.1, 0.15) is 30.6 Å². The number of nitrogens with zero attached hydrogens (tertiary/aromatic N) is 1. The second kappa shape index (κ2) is 5.63. The number of hydrogen-bond acceptors (Lipinski definition) is 3. The molecule has 19 heavy (non-hydrogen) atoms. The third-order valence-electron chi connectivity index (χ3n) is 3.31. The van der Waals surface area contributed by atoms with Gasteiger partial charge in [0, 0.05) is 23.6 Å². The van der Waals surface area contributed by atoms with E-state index in [9.17, 15) is 9.90 Å². The predicted octanol–water partition coefficient (Wildman–Crippen LogP) is 3.40. The largest absolute Gasteiger partial charge is 0.508 e. The number of aromatic hydroxyl groups is 1. The molecule has 1 aliphatic rings. The van der Waals surface area contributed by atoms with E-state index < -0.39 is 0 Å². The summed E-state index contributed by atoms with van der Waals surface area (Å²) in [5.41, 5.74) is 0.381. The molecule has 3 nitrogen and oxygen atoms in total. The fourth-order valence-corrected chi connectivity index (χ4v) is 3.37. The van der Waals surface area contributed by atoms with Gasteiger partial charge in [-0.2, -0.15) is 11.8 Å². The Bertz CT molecular complexity index is 490. The predicted molar refractivity (Wildman–Crippen MR) is 80.2 cm³/mol. The molecule has 0 aliphatic carbocycles. The maximum atomic E-state index is 12.5. The Kier molecular flexibility index (Phi) is 4.31. The Morgan fingerprint density at radius 3 is 2.89 bits per heavy atom. The summed E-state index contributed by atoms with van der Waals surface area (Å²) >= 11 is 7.93. The molecule has 2 rings (SSSR count). The average Bonchev–Trinajstić information content (AvgIpc) is 2.52. The molecule has 0 unspecified atom stereocenters. The lowest BCUT2D eigenvalue weighted by Crippen LogP contribution is -2.33. The number of halogens is 1. The molecular formula is C14H18ClNO2S. The van der Waals surface area contributed by atoms with Crippen LogP contribution in [0.5, 0.6) is 5.75 Å². The molecule has 5 heteroatoms. The fourth-order valence-electron chi connectivity index (χ4n) is 2.07. The minimum Gasteiger partial charge on any atom is -0.508 e. The average molecular weight is 300 g/mol. The molecule has 0 bridgehead atoms. The van der Waals surface area contributed by atoms with Crippen LogP contribution in [0.2, 0.25) is 5.02 Å². The minimum absolute atomic E-state index is 0.0669. The normalized spacial score (nSPS) is 19.0. The van der Waals surface area contributed by atoms with E-state index in [0.717, 1.165) is 25.3 Å². The zero-order valence-electron chi connectivity index (χ0n) is 11.1. The molecule has 104 valence electrons. The van der Waals surface area contributed by atoms with Gasteiger partial charge in [0.2, 0.25) is 0 Å². The summed E-state index contributed by atoms with van der Waals surface area (Å²) in [5.74, 6) is 0.895. The van der Waals surface area contributed by atoms with E-state index >= 15 is 0 Å². The van der Waals surface area contributed by atoms with Crippen molar-refractivity contribution in [1.29, 1.82) is 0 Å². The molecule has 1 aromatic rings. The van der Waals surface area contributed by atoms with E-state index in [1.165, 1.54) is 12.1 Å². The first-order valence-electron chi connectivity index (χ1n) is 6.31. The van der Waals surface area contributed by atoms with Gasteiger partial charge in [-0.3, -0.25) is 4.79 Å². The van der Waals surface area contributed by atoms with Crippen LogP contribution in [0.4, 0.5) is 0 Å². The van der Waals surface area contributed by atoms with Gasteiger partial charge in [0.05, 0.1) is 10.6 Å². The topological polar surface area (TPSA) is 40.5 Å². The van der Waals surface area contributed by atoms with Crippen molar-refractivity contribution in [2.45, 2.75) is 25.0 Å². The number of phenolic OH excluding ortho intramolecular Hbond substituents is 1. The second-order valence-electron chi connectivity index (χ2n) is 5.31. The van der Waals surface area contributed by atoms with E-state index in [0.29, 0.717) is 10.6 Å². The van der Waals surface area contributed by atoms with Crippen molar-refractivity contribution in [2.24, 2.45) is 0 Å². The molecule has 0 saturated carbocycles. The van der Waals surface area contributed by atoms with Gasteiger partial charge in [-0.25, -0.2) is 0 Å². The van der Waals surface area contributed by atoms with Gasteiger partial charge in [-0.1, -0.05) is 25.4 Å². The Morgan fingerprint density at radius 2 is 2.16 bits per heavy atom. The summed E-state index contributed by atoms with van der Waals surface area (Å²) in [5, 5.41) is 9.88. The molecule has 1 fully saturated rings. The molecule has 1 heterocycles. The van der Waals surface area contributed by atoms with Gasteiger partial charge in [0.1, 0.15) is 5.75 Å². The second-order valence-corrected chi connectivity index (χ2v) is 7.52. The lowest BCUT2D eigenvalue weighted by molar-refractivity contribution is 0.0764. The quantitative estimate of drug-likeness (QED) is 0.864. The van der Waals surface area contributed by atoms with Crippen LogP contribution in [-0.4, -0.2) is 39.5 Å². The van der Waals surface area contributed by atoms with Gasteiger partial charge in [-0.05, 0) is 24.6 Å². The molecule has 0 aromatic heterocycles. The Labute approximate surface area is 122 Å². The number of thioether (sulfide) groups is 1. The zero-order chi connectivity index (χ0) is 14.0. The first kappa shape index (κ1) is 14.5. The number of carbonyl (C=O) groups excluding carboxylic acids is 1. The van der Waals surface area contributed by atoms with Gasteiger partial charge in [0.15, 0.2) is 0 Å². The third-order valence-corrected chi connectivity index (χ3v) is 5.01. The number of benzene rings is 1. The highest BCUT2D eigenvalue weighted by atomic mass is 35.5. The van der Waals surface area contributed by atoms with E-state index in [4.69, 9.17) is 11.6 Å². The Balaban J connectivity index is 2.17. The highest BCUT2D eigenvalue weighted by Crippen LogP contribution is 2.31. The SMILES string of the molecule is CC1(C)CCN(C(=O)c2cc(O)ccc2Cl)CCS1. The first-order valence-corrected chi connectivity index (χ1v) is 7.67. The van der Waals surface area contributed by atoms with Gasteiger partial charge in [0.25, 0.3) is 5.91 Å². The lowest BCUT2D eigenvalue weighted by Gasteiger charge is -2.23. The Hall–Kier alpha value is -0.870. The molecule has 0 radical (unpaired) electrons. The van der Waals surface area contributed by atoms with E-state index in [1.54, 1.807) is 6.07 Å². The van der Waals surface area contributed by atoms with Crippen molar-refractivity contribution < 1.29 is 9.90 Å². The van der Waals surface area contributed by atoms with Crippen molar-refractivity contribution in [3.63, 3.8) is 0 Å². The fraction of sp³-hybridized carbons (Fsp3) is 0.500. The van der Waals surface area contributed by atoms with E-state index in [2.05, 4.69) is 13.8 Å². The summed E-state index contributed by atoms with van der Waals surface area (Å²) < 4.78 is 0.206. The molecule has 1 saturated heterocycles. The standard InChI is InChI=1S/C14H18ClNO2S/c1-14(2)5-6-16(7-8-19-14)13(18)11-9-10(17)3-4-12(11)15/h3-4,9,17H,5-8H2,1-2H3. The number of carbonyl (C=O) groups is 1. The monoisotopic (exact) mass is 299 g/mol. The molecule has 1 amide bonds. The van der Waals surface area contributed by atoms with E-state index in [-0.39, 0.29) is 16.4 Å². The highest BCUT2D eigenvalue weighted by molar-refractivity contribution is 8.00. The van der Waals surface area contributed by atoms with Crippen molar-refractivity contribution in [3.05, 3.63) is 28.8 Å². The minimum atomic E-state index is -0.0980. The van der Waals surface area contributed by atoms with Crippen molar-refractivity contribution in [3.8, 4) is 5.75 Å². The molecule has 0 spiro atoms. The van der Waals surface area contributed by atoms with Crippen LogP contribution < -0.4 is 0 Å². The number of amides is 1. The summed E-state index contributed by atoms with van der Waals surface area (Å²) in [6.07, 6.45) is 0.958. The Morgan fingerprint density at radius 1 is 1.42 bits per heavy atom. The van der Waals surface area contributed by atoms with Crippen LogP contribution in [-0.2, 0) is 0 Å². The van der Waals surface area contributed by atoms with Crippen LogP contribution in [0.3, 0.4) is 0 Å². The molecule has 1 aliphatic heterocycles. The molecule has 1 aromatic carbocycles. The lowest BCUT2D eigenvalue weighted by atomic mass is 10.1. The van der Waals surface area contributed by atoms with Crippen LogP contribution in [0.15, 0.2) is 18.2 Å². The van der Waals surface area contributed by atoms with Gasteiger partial charge >= 0.3 is 0 Å². The van der Waals surface area contributed by atoms with Gasteiger partial charge in [-0.15, -0.1) is 0 Å². The van der Waals surface area contributed by atoms with E-state index in [1.807, 2.05) is 16.7 Å². The zero-order valence-corrected chi connectivity index (χ0v) is 12.7. The number of rotatable bonds is 1. The maximum absolute atomic E-state index is 12.5. The van der Waals surface area contributed by atoms with Gasteiger partial charge < -0.3 is 10.0 Å². The number of phenols is 1. The maximum Gasteiger partial charge on any atom is 0.255 e. The molecular weight excluding hydrogens is 282 g/mol. The van der Waals surface area contributed by atoms with Crippen molar-refractivity contribution in [2.75, 3.05) is 18.8 Å². The summed E-state index contributed by atoms with van der Waals surface area (Å²) in [4.78, 5) is 14.3. The number of hydrogen-bond donors (Lipinski definition) is 1. The third kappa shape index (κ3) is 3.57. The van der Waals surface area contributed by atoms with Crippen molar-refractivity contribution >= 4 is 29.3 Å². The summed E-state index contributed by atoms with van der Waals surface area (Å²) in [6, 6.07) is 4.48. The smallest absolute Gasteiger partial charge is 0.255 e. The summed E-state index contributed by atoms with van der Waals surface area (Å²) in [7, 11) is 0. The van der Waals surface area contributed by atoms with Crippen LogP contribution >= 0.6 is 23.4 Å². The first-order chi connectivity index (χ1) is 8.89. The molecule has 1 N–H and O–H groups in total.